The Morgan fingerprint density at radius 2 is 2.09 bits per heavy atom. The number of carbonyl (C=O) groups is 1. The molecular weight excluding hydrogens is 438 g/mol. The molecular formula is C27H27N7O. The fourth-order valence-electron chi connectivity index (χ4n) is 5.54. The molecule has 1 aromatic carbocycles. The number of pyridine rings is 2. The minimum Gasteiger partial charge on any atom is -0.353 e. The predicted molar refractivity (Wildman–Crippen MR) is 136 cm³/mol. The summed E-state index contributed by atoms with van der Waals surface area (Å²) in [5, 5.41) is 17.3. The van der Waals surface area contributed by atoms with Crippen LogP contribution in [0, 0.1) is 12.3 Å². The number of aryl methyl sites for hydroxylation is 1. The molecule has 8 nitrogen and oxygen atoms in total. The van der Waals surface area contributed by atoms with Crippen molar-refractivity contribution in [3.05, 3.63) is 77.6 Å². The maximum absolute atomic E-state index is 13.8. The molecule has 1 atom stereocenters. The number of tetrazole rings is 1. The molecule has 0 fully saturated rings. The van der Waals surface area contributed by atoms with Crippen molar-refractivity contribution < 1.29 is 4.79 Å². The van der Waals surface area contributed by atoms with Crippen LogP contribution in [0.4, 0.5) is 11.5 Å². The summed E-state index contributed by atoms with van der Waals surface area (Å²) in [5.41, 5.74) is 6.01. The lowest BCUT2D eigenvalue weighted by Gasteiger charge is -2.37. The maximum Gasteiger partial charge on any atom is 0.185 e. The van der Waals surface area contributed by atoms with Gasteiger partial charge in [0, 0.05) is 41.4 Å². The van der Waals surface area contributed by atoms with E-state index in [1.807, 2.05) is 24.3 Å². The van der Waals surface area contributed by atoms with E-state index in [-0.39, 0.29) is 11.2 Å². The summed E-state index contributed by atoms with van der Waals surface area (Å²) in [6.07, 6.45) is 4.85. The van der Waals surface area contributed by atoms with Crippen molar-refractivity contribution in [2.75, 3.05) is 16.8 Å². The van der Waals surface area contributed by atoms with Crippen LogP contribution in [-0.4, -0.2) is 37.4 Å². The lowest BCUT2D eigenvalue weighted by atomic mass is 9.73. The smallest absolute Gasteiger partial charge is 0.185 e. The van der Waals surface area contributed by atoms with Crippen molar-refractivity contribution in [3.8, 4) is 0 Å². The minimum absolute atomic E-state index is 0.130. The quantitative estimate of drug-likeness (QED) is 0.436. The van der Waals surface area contributed by atoms with Gasteiger partial charge < -0.3 is 10.2 Å². The average Bonchev–Trinajstić information content (AvgIpc) is 3.25. The van der Waals surface area contributed by atoms with Crippen LogP contribution in [0.25, 0.3) is 16.6 Å². The molecule has 2 aliphatic rings. The molecule has 4 heterocycles. The highest BCUT2D eigenvalue weighted by molar-refractivity contribution is 6.02. The van der Waals surface area contributed by atoms with E-state index in [1.54, 1.807) is 10.7 Å². The molecule has 1 aliphatic heterocycles. The molecule has 1 unspecified atom stereocenters. The normalized spacial score (nSPS) is 19.3. The van der Waals surface area contributed by atoms with Gasteiger partial charge in [-0.1, -0.05) is 31.6 Å². The molecule has 8 heteroatoms. The van der Waals surface area contributed by atoms with Crippen molar-refractivity contribution in [1.29, 1.82) is 0 Å². The second kappa shape index (κ2) is 7.73. The molecule has 6 rings (SSSR count). The molecule has 35 heavy (non-hydrogen) atoms. The zero-order valence-electron chi connectivity index (χ0n) is 20.1. The lowest BCUT2D eigenvalue weighted by Crippen LogP contribution is -2.36. The molecule has 0 saturated carbocycles. The van der Waals surface area contributed by atoms with Gasteiger partial charge in [-0.05, 0) is 59.5 Å². The van der Waals surface area contributed by atoms with E-state index in [9.17, 15) is 4.79 Å². The van der Waals surface area contributed by atoms with Crippen LogP contribution in [0.3, 0.4) is 0 Å². The summed E-state index contributed by atoms with van der Waals surface area (Å²) in [5.74, 6) is 0.868. The fourth-order valence-corrected chi connectivity index (χ4v) is 5.54. The van der Waals surface area contributed by atoms with Gasteiger partial charge >= 0.3 is 0 Å². The van der Waals surface area contributed by atoms with Crippen LogP contribution in [0.1, 0.15) is 43.9 Å². The summed E-state index contributed by atoms with van der Waals surface area (Å²) in [6.45, 7) is 10.9. The third-order valence-corrected chi connectivity index (χ3v) is 6.94. The first-order valence-corrected chi connectivity index (χ1v) is 11.8. The van der Waals surface area contributed by atoms with Crippen molar-refractivity contribution in [2.45, 2.75) is 39.7 Å². The second-order valence-corrected chi connectivity index (χ2v) is 10.2. The number of anilines is 2. The monoisotopic (exact) mass is 465 g/mol. The molecule has 1 N–H and O–H groups in total. The van der Waals surface area contributed by atoms with E-state index in [0.717, 1.165) is 51.2 Å². The summed E-state index contributed by atoms with van der Waals surface area (Å²) < 4.78 is 1.77. The number of hydrogen-bond acceptors (Lipinski definition) is 7. The van der Waals surface area contributed by atoms with E-state index in [0.29, 0.717) is 18.6 Å². The average molecular weight is 466 g/mol. The predicted octanol–water partition coefficient (Wildman–Crippen LogP) is 4.78. The van der Waals surface area contributed by atoms with Gasteiger partial charge in [0.05, 0.1) is 17.2 Å². The Morgan fingerprint density at radius 1 is 1.23 bits per heavy atom. The molecule has 176 valence electrons. The summed E-state index contributed by atoms with van der Waals surface area (Å²) in [6, 6.07) is 11.9. The van der Waals surface area contributed by atoms with Gasteiger partial charge in [0.25, 0.3) is 0 Å². The molecule has 0 spiro atoms. The number of ketones is 1. The van der Waals surface area contributed by atoms with E-state index in [1.165, 1.54) is 0 Å². The van der Waals surface area contributed by atoms with Crippen LogP contribution < -0.4 is 10.2 Å². The molecule has 0 radical (unpaired) electrons. The Balaban J connectivity index is 1.71. The molecule has 0 saturated heterocycles. The summed E-state index contributed by atoms with van der Waals surface area (Å²) >= 11 is 0. The van der Waals surface area contributed by atoms with Crippen LogP contribution in [0.5, 0.6) is 0 Å². The number of nitrogens with one attached hydrogen (secondary N) is 1. The summed E-state index contributed by atoms with van der Waals surface area (Å²) in [7, 11) is 0. The zero-order chi connectivity index (χ0) is 24.3. The van der Waals surface area contributed by atoms with Crippen molar-refractivity contribution in [3.63, 3.8) is 0 Å². The number of Topliss-reactive ketones (excluding diaryl/α,β-unsaturated/α-hetero) is 1. The van der Waals surface area contributed by atoms with Crippen LogP contribution in [0.15, 0.2) is 66.5 Å². The topological polar surface area (TPSA) is 88.3 Å². The fraction of sp³-hybridized carbons (Fsp3) is 0.296. The summed E-state index contributed by atoms with van der Waals surface area (Å²) in [4.78, 5) is 20.7. The standard InChI is InChI=1S/C27H27N7O/c1-5-11-33-21-7-6-10-28-25(21)29-19-14-27(3,4)15-22(35)23(19)24(33)18-13-17-12-16(2)8-9-20(17)34-26(18)30-31-32-34/h5-10,12-13,24H,1,11,14-15H2,2-4H3,(H,28,29). The molecule has 1 aliphatic carbocycles. The highest BCUT2D eigenvalue weighted by Crippen LogP contribution is 2.48. The van der Waals surface area contributed by atoms with Gasteiger partial charge in [0.2, 0.25) is 0 Å². The maximum atomic E-state index is 13.8. The van der Waals surface area contributed by atoms with Crippen molar-refractivity contribution in [1.82, 2.24) is 25.0 Å². The Bertz CT molecular complexity index is 1550. The third kappa shape index (κ3) is 3.39. The van der Waals surface area contributed by atoms with Gasteiger partial charge in [-0.3, -0.25) is 4.79 Å². The first-order chi connectivity index (χ1) is 16.9. The van der Waals surface area contributed by atoms with E-state index < -0.39 is 6.04 Å². The number of hydrogen-bond donors (Lipinski definition) is 1. The Morgan fingerprint density at radius 3 is 2.91 bits per heavy atom. The van der Waals surface area contributed by atoms with Gasteiger partial charge in [-0.25, -0.2) is 4.98 Å². The minimum atomic E-state index is -0.400. The number of fused-ring (bicyclic) bond motifs is 4. The first-order valence-electron chi connectivity index (χ1n) is 11.8. The molecule has 0 amide bonds. The van der Waals surface area contributed by atoms with Crippen LogP contribution in [0.2, 0.25) is 0 Å². The van der Waals surface area contributed by atoms with E-state index in [4.69, 9.17) is 0 Å². The molecule has 3 aromatic heterocycles. The number of nitrogens with zero attached hydrogens (tertiary/aromatic N) is 6. The Kier molecular flexibility index (Phi) is 4.74. The Hall–Kier alpha value is -4.07. The Labute approximate surface area is 203 Å². The van der Waals surface area contributed by atoms with E-state index >= 15 is 0 Å². The van der Waals surface area contributed by atoms with Crippen molar-refractivity contribution >= 4 is 33.8 Å². The van der Waals surface area contributed by atoms with Gasteiger partial charge in [0.1, 0.15) is 0 Å². The van der Waals surface area contributed by atoms with Crippen LogP contribution >= 0.6 is 0 Å². The van der Waals surface area contributed by atoms with E-state index in [2.05, 4.69) is 76.3 Å². The third-order valence-electron chi connectivity index (χ3n) is 6.94. The van der Waals surface area contributed by atoms with Gasteiger partial charge in [-0.15, -0.1) is 11.7 Å². The zero-order valence-corrected chi connectivity index (χ0v) is 20.1. The number of benzene rings is 1. The van der Waals surface area contributed by atoms with Crippen LogP contribution in [-0.2, 0) is 4.79 Å². The second-order valence-electron chi connectivity index (χ2n) is 10.2. The van der Waals surface area contributed by atoms with Crippen molar-refractivity contribution in [2.24, 2.45) is 5.41 Å². The largest absolute Gasteiger partial charge is 0.353 e. The number of carbonyl (C=O) groups excluding carboxylic acids is 1. The highest BCUT2D eigenvalue weighted by atomic mass is 16.1. The molecule has 4 aromatic rings. The highest BCUT2D eigenvalue weighted by Gasteiger charge is 2.42. The van der Waals surface area contributed by atoms with Gasteiger partial charge in [0.15, 0.2) is 17.2 Å². The number of aromatic nitrogens is 5. The number of rotatable bonds is 3. The number of allylic oxidation sites excluding steroid dienone is 1. The molecule has 0 bridgehead atoms. The first kappa shape index (κ1) is 21.5. The SMILES string of the molecule is C=CCN1c2cccnc2NC2=C(C(=O)CC(C)(C)C2)C1c1cc2cc(C)ccc2n2nnnc12. The van der Waals surface area contributed by atoms with Gasteiger partial charge in [-0.2, -0.15) is 4.52 Å². The lowest BCUT2D eigenvalue weighted by molar-refractivity contribution is -0.118.